The Labute approximate surface area is 135 Å². The summed E-state index contributed by atoms with van der Waals surface area (Å²) in [6, 6.07) is 10.5. The quantitative estimate of drug-likeness (QED) is 0.544. The number of hydrogen-bond acceptors (Lipinski definition) is 1. The van der Waals surface area contributed by atoms with Crippen LogP contribution in [0.25, 0.3) is 16.7 Å². The summed E-state index contributed by atoms with van der Waals surface area (Å²) >= 11 is 9.76. The molecule has 1 heterocycles. The number of imidazole rings is 1. The first kappa shape index (κ1) is 14.5. The van der Waals surface area contributed by atoms with Gasteiger partial charge in [0.1, 0.15) is 11.6 Å². The van der Waals surface area contributed by atoms with Crippen molar-refractivity contribution >= 4 is 38.6 Å². The van der Waals surface area contributed by atoms with Gasteiger partial charge in [-0.15, -0.1) is 11.6 Å². The largest absolute Gasteiger partial charge is 0.294 e. The van der Waals surface area contributed by atoms with Crippen LogP contribution in [0.2, 0.25) is 0 Å². The fraction of sp³-hybridized carbons (Fsp3) is 0.188. The zero-order chi connectivity index (χ0) is 15.1. The molecule has 2 nitrogen and oxygen atoms in total. The van der Waals surface area contributed by atoms with Crippen molar-refractivity contribution in [1.82, 2.24) is 9.55 Å². The Morgan fingerprint density at radius 3 is 2.76 bits per heavy atom. The third-order valence-corrected chi connectivity index (χ3v) is 4.28. The normalized spacial score (nSPS) is 12.8. The number of aryl methyl sites for hydroxylation is 1. The van der Waals surface area contributed by atoms with E-state index in [2.05, 4.69) is 20.9 Å². The van der Waals surface area contributed by atoms with E-state index in [1.54, 1.807) is 6.07 Å². The van der Waals surface area contributed by atoms with Crippen molar-refractivity contribution in [3.05, 3.63) is 58.1 Å². The second kappa shape index (κ2) is 5.43. The van der Waals surface area contributed by atoms with Gasteiger partial charge in [-0.3, -0.25) is 4.57 Å². The summed E-state index contributed by atoms with van der Waals surface area (Å²) in [6.07, 6.45) is 0. The van der Waals surface area contributed by atoms with Crippen LogP contribution in [0, 0.1) is 12.7 Å². The van der Waals surface area contributed by atoms with Gasteiger partial charge in [-0.25, -0.2) is 9.37 Å². The molecule has 5 heteroatoms. The van der Waals surface area contributed by atoms with Gasteiger partial charge in [0.2, 0.25) is 0 Å². The summed E-state index contributed by atoms with van der Waals surface area (Å²) in [6.45, 7) is 3.87. The lowest BCUT2D eigenvalue weighted by atomic mass is 10.2. The maximum absolute atomic E-state index is 13.7. The molecule has 0 N–H and O–H groups in total. The standard InChI is InChI=1S/C16H13BrClFN2/c1-9-4-3-5-13-15(9)20-16(10(2)18)21(13)14-8-11(19)6-7-12(14)17/h3-8,10H,1-2H3. The first-order valence-corrected chi connectivity index (χ1v) is 7.79. The molecule has 1 aromatic heterocycles. The number of fused-ring (bicyclic) bond motifs is 1. The lowest BCUT2D eigenvalue weighted by molar-refractivity contribution is 0.626. The highest BCUT2D eigenvalue weighted by molar-refractivity contribution is 9.10. The van der Waals surface area contributed by atoms with Crippen LogP contribution in [0.15, 0.2) is 40.9 Å². The molecule has 0 aliphatic rings. The molecule has 108 valence electrons. The number of hydrogen-bond donors (Lipinski definition) is 0. The number of alkyl halides is 1. The van der Waals surface area contributed by atoms with E-state index in [-0.39, 0.29) is 11.2 Å². The molecule has 0 amide bonds. The van der Waals surface area contributed by atoms with E-state index in [1.807, 2.05) is 36.6 Å². The molecule has 0 fully saturated rings. The predicted molar refractivity (Wildman–Crippen MR) is 87.7 cm³/mol. The van der Waals surface area contributed by atoms with Gasteiger partial charge in [-0.05, 0) is 59.6 Å². The molecule has 2 aromatic carbocycles. The van der Waals surface area contributed by atoms with Crippen LogP contribution in [0.3, 0.4) is 0 Å². The molecule has 3 aromatic rings. The SMILES string of the molecule is Cc1cccc2c1nc(C(C)Cl)n2-c1cc(F)ccc1Br. The smallest absolute Gasteiger partial charge is 0.132 e. The third kappa shape index (κ3) is 2.47. The monoisotopic (exact) mass is 366 g/mol. The van der Waals surface area contributed by atoms with Gasteiger partial charge >= 0.3 is 0 Å². The summed E-state index contributed by atoms with van der Waals surface area (Å²) in [5.74, 6) is 0.406. The molecule has 0 aliphatic heterocycles. The zero-order valence-corrected chi connectivity index (χ0v) is 13.9. The van der Waals surface area contributed by atoms with E-state index in [9.17, 15) is 4.39 Å². The molecule has 0 bridgehead atoms. The first-order chi connectivity index (χ1) is 9.99. The highest BCUT2D eigenvalue weighted by atomic mass is 79.9. The van der Waals surface area contributed by atoms with E-state index in [0.717, 1.165) is 21.1 Å². The maximum Gasteiger partial charge on any atom is 0.132 e. The third-order valence-electron chi connectivity index (χ3n) is 3.42. The van der Waals surface area contributed by atoms with Gasteiger partial charge in [0, 0.05) is 4.47 Å². The molecule has 21 heavy (non-hydrogen) atoms. The Kier molecular flexibility index (Phi) is 3.76. The molecule has 1 atom stereocenters. The van der Waals surface area contributed by atoms with Crippen LogP contribution >= 0.6 is 27.5 Å². The Morgan fingerprint density at radius 1 is 1.29 bits per heavy atom. The van der Waals surface area contributed by atoms with Crippen LogP contribution in [0.1, 0.15) is 23.7 Å². The molecule has 0 spiro atoms. The average molecular weight is 368 g/mol. The van der Waals surface area contributed by atoms with Crippen molar-refractivity contribution in [1.29, 1.82) is 0 Å². The van der Waals surface area contributed by atoms with Crippen molar-refractivity contribution in [2.75, 3.05) is 0 Å². The molecular weight excluding hydrogens is 355 g/mol. The van der Waals surface area contributed by atoms with Gasteiger partial charge in [-0.1, -0.05) is 12.1 Å². The molecule has 0 radical (unpaired) electrons. The molecular formula is C16H13BrClFN2. The Morgan fingerprint density at radius 2 is 2.05 bits per heavy atom. The van der Waals surface area contributed by atoms with Gasteiger partial charge in [0.05, 0.1) is 22.1 Å². The van der Waals surface area contributed by atoms with Crippen molar-refractivity contribution < 1.29 is 4.39 Å². The second-order valence-electron chi connectivity index (χ2n) is 4.96. The van der Waals surface area contributed by atoms with Gasteiger partial charge in [-0.2, -0.15) is 0 Å². The average Bonchev–Trinajstić information content (AvgIpc) is 2.82. The number of benzene rings is 2. The fourth-order valence-electron chi connectivity index (χ4n) is 2.43. The number of nitrogens with zero attached hydrogens (tertiary/aromatic N) is 2. The van der Waals surface area contributed by atoms with E-state index in [1.165, 1.54) is 12.1 Å². The summed E-state index contributed by atoms with van der Waals surface area (Å²) in [7, 11) is 0. The number of halogens is 3. The summed E-state index contributed by atoms with van der Waals surface area (Å²) in [4.78, 5) is 4.65. The lowest BCUT2D eigenvalue weighted by Crippen LogP contribution is -2.03. The minimum atomic E-state index is -0.295. The molecule has 3 rings (SSSR count). The minimum absolute atomic E-state index is 0.285. The van der Waals surface area contributed by atoms with Gasteiger partial charge in [0.25, 0.3) is 0 Å². The molecule has 0 saturated heterocycles. The summed E-state index contributed by atoms with van der Waals surface area (Å²) < 4.78 is 16.4. The molecule has 0 aliphatic carbocycles. The van der Waals surface area contributed by atoms with Crippen molar-refractivity contribution in [2.45, 2.75) is 19.2 Å². The van der Waals surface area contributed by atoms with Crippen LogP contribution in [0.5, 0.6) is 0 Å². The molecule has 0 saturated carbocycles. The number of rotatable bonds is 2. The van der Waals surface area contributed by atoms with E-state index < -0.39 is 0 Å². The van der Waals surface area contributed by atoms with Crippen molar-refractivity contribution in [3.8, 4) is 5.69 Å². The van der Waals surface area contributed by atoms with Crippen LogP contribution in [-0.2, 0) is 0 Å². The van der Waals surface area contributed by atoms with Crippen molar-refractivity contribution in [2.24, 2.45) is 0 Å². The minimum Gasteiger partial charge on any atom is -0.294 e. The number of aromatic nitrogens is 2. The van der Waals surface area contributed by atoms with Crippen molar-refractivity contribution in [3.63, 3.8) is 0 Å². The Bertz CT molecular complexity index is 827. The van der Waals surface area contributed by atoms with Gasteiger partial charge < -0.3 is 0 Å². The summed E-state index contributed by atoms with van der Waals surface area (Å²) in [5, 5.41) is -0.285. The van der Waals surface area contributed by atoms with E-state index in [0.29, 0.717) is 11.5 Å². The lowest BCUT2D eigenvalue weighted by Gasteiger charge is -2.12. The summed E-state index contributed by atoms with van der Waals surface area (Å²) in [5.41, 5.74) is 3.57. The topological polar surface area (TPSA) is 17.8 Å². The molecule has 1 unspecified atom stereocenters. The first-order valence-electron chi connectivity index (χ1n) is 6.56. The number of para-hydroxylation sites is 1. The fourth-order valence-corrected chi connectivity index (χ4v) is 3.00. The highest BCUT2D eigenvalue weighted by Gasteiger charge is 2.19. The Balaban J connectivity index is 2.42. The predicted octanol–water partition coefficient (Wildman–Crippen LogP) is 5.54. The van der Waals surface area contributed by atoms with Crippen LogP contribution < -0.4 is 0 Å². The van der Waals surface area contributed by atoms with E-state index in [4.69, 9.17) is 11.6 Å². The highest BCUT2D eigenvalue weighted by Crippen LogP contribution is 2.32. The van der Waals surface area contributed by atoms with Gasteiger partial charge in [0.15, 0.2) is 0 Å². The van der Waals surface area contributed by atoms with Crippen LogP contribution in [0.4, 0.5) is 4.39 Å². The Hall–Kier alpha value is -1.39. The van der Waals surface area contributed by atoms with E-state index >= 15 is 0 Å². The maximum atomic E-state index is 13.7. The zero-order valence-electron chi connectivity index (χ0n) is 11.6. The second-order valence-corrected chi connectivity index (χ2v) is 6.47. The van der Waals surface area contributed by atoms with Crippen LogP contribution in [-0.4, -0.2) is 9.55 Å².